The highest BCUT2D eigenvalue weighted by molar-refractivity contribution is 6.62. The topological polar surface area (TPSA) is 69.4 Å². The van der Waals surface area contributed by atoms with Gasteiger partial charge in [0.1, 0.15) is 17.1 Å². The Labute approximate surface area is 153 Å². The molecule has 1 saturated heterocycles. The van der Waals surface area contributed by atoms with Crippen LogP contribution >= 0.6 is 0 Å². The predicted octanol–water partition coefficient (Wildman–Crippen LogP) is 1.99. The van der Waals surface area contributed by atoms with E-state index in [1.54, 1.807) is 32.2 Å². The maximum absolute atomic E-state index is 14.6. The van der Waals surface area contributed by atoms with Crippen LogP contribution in [0.3, 0.4) is 0 Å². The normalized spacial score (nSPS) is 19.2. The van der Waals surface area contributed by atoms with Crippen LogP contribution in [0.4, 0.5) is 4.39 Å². The quantitative estimate of drug-likeness (QED) is 0.844. The zero-order valence-corrected chi connectivity index (χ0v) is 16.1. The van der Waals surface area contributed by atoms with Crippen LogP contribution in [-0.4, -0.2) is 38.4 Å². The summed E-state index contributed by atoms with van der Waals surface area (Å²) in [6.07, 6.45) is 1.61. The van der Waals surface area contributed by atoms with E-state index in [2.05, 4.69) is 10.3 Å². The average Bonchev–Trinajstić information content (AvgIpc) is 3.04. The highest BCUT2D eigenvalue weighted by atomic mass is 19.1. The van der Waals surface area contributed by atoms with Crippen LogP contribution in [0, 0.1) is 5.82 Å². The van der Waals surface area contributed by atoms with Crippen LogP contribution in [0.2, 0.25) is 0 Å². The molecule has 0 spiro atoms. The third-order valence-corrected chi connectivity index (χ3v) is 5.10. The van der Waals surface area contributed by atoms with Gasteiger partial charge in [0.05, 0.1) is 23.9 Å². The highest BCUT2D eigenvalue weighted by Gasteiger charge is 2.51. The Kier molecular flexibility index (Phi) is 4.49. The first kappa shape index (κ1) is 19.0. The number of aliphatic hydroxyl groups is 1. The second-order valence-corrected chi connectivity index (χ2v) is 8.30. The Morgan fingerprint density at radius 2 is 1.81 bits per heavy atom. The standard InChI is InChI=1S/C18H25BFN3O3/c1-16(2,24)15-11-23(22-21-15)10-12-7-8-13(9-14(12)20)19-25-17(3,4)18(5,6)26-19/h7-9,11,24H,10H2,1-6H3. The van der Waals surface area contributed by atoms with E-state index in [9.17, 15) is 9.50 Å². The van der Waals surface area contributed by atoms with Gasteiger partial charge in [-0.25, -0.2) is 9.07 Å². The van der Waals surface area contributed by atoms with E-state index in [-0.39, 0.29) is 12.4 Å². The molecule has 1 aliphatic heterocycles. The van der Waals surface area contributed by atoms with Gasteiger partial charge in [0, 0.05) is 5.56 Å². The van der Waals surface area contributed by atoms with Gasteiger partial charge in [-0.3, -0.25) is 0 Å². The molecule has 0 bridgehead atoms. The fraction of sp³-hybridized carbons (Fsp3) is 0.556. The highest BCUT2D eigenvalue weighted by Crippen LogP contribution is 2.36. The molecule has 0 amide bonds. The van der Waals surface area contributed by atoms with E-state index < -0.39 is 23.9 Å². The first-order chi connectivity index (χ1) is 11.9. The van der Waals surface area contributed by atoms with E-state index in [0.29, 0.717) is 16.7 Å². The molecule has 1 fully saturated rings. The zero-order chi connectivity index (χ0) is 19.3. The summed E-state index contributed by atoms with van der Waals surface area (Å²) in [5.74, 6) is -0.363. The summed E-state index contributed by atoms with van der Waals surface area (Å²) < 4.78 is 28.0. The van der Waals surface area contributed by atoms with Gasteiger partial charge < -0.3 is 14.4 Å². The van der Waals surface area contributed by atoms with Gasteiger partial charge in [0.15, 0.2) is 0 Å². The van der Waals surface area contributed by atoms with Crippen LogP contribution in [0.1, 0.15) is 52.8 Å². The summed E-state index contributed by atoms with van der Waals surface area (Å²) in [6.45, 7) is 11.3. The molecular formula is C18H25BFN3O3. The van der Waals surface area contributed by atoms with Gasteiger partial charge in [-0.05, 0) is 53.1 Å². The fourth-order valence-corrected chi connectivity index (χ4v) is 2.65. The maximum atomic E-state index is 14.6. The maximum Gasteiger partial charge on any atom is 0.494 e. The molecular weight excluding hydrogens is 336 g/mol. The third kappa shape index (κ3) is 3.54. The van der Waals surface area contributed by atoms with Crippen molar-refractivity contribution in [3.05, 3.63) is 41.5 Å². The molecule has 140 valence electrons. The second kappa shape index (κ2) is 6.15. The summed E-state index contributed by atoms with van der Waals surface area (Å²) in [5, 5.41) is 17.8. The molecule has 1 aliphatic rings. The molecule has 1 N–H and O–H groups in total. The molecule has 2 heterocycles. The first-order valence-electron chi connectivity index (χ1n) is 8.66. The molecule has 26 heavy (non-hydrogen) atoms. The van der Waals surface area contributed by atoms with E-state index in [0.717, 1.165) is 0 Å². The Hall–Kier alpha value is -1.77. The van der Waals surface area contributed by atoms with E-state index in [1.165, 1.54) is 10.7 Å². The summed E-state index contributed by atoms with van der Waals surface area (Å²) >= 11 is 0. The molecule has 8 heteroatoms. The van der Waals surface area contributed by atoms with Crippen molar-refractivity contribution in [2.75, 3.05) is 0 Å². The molecule has 1 aromatic heterocycles. The van der Waals surface area contributed by atoms with Gasteiger partial charge in [-0.1, -0.05) is 17.3 Å². The second-order valence-electron chi connectivity index (χ2n) is 8.30. The number of benzene rings is 1. The molecule has 6 nitrogen and oxygen atoms in total. The lowest BCUT2D eigenvalue weighted by Crippen LogP contribution is -2.41. The Morgan fingerprint density at radius 1 is 1.19 bits per heavy atom. The number of aromatic nitrogens is 3. The van der Waals surface area contributed by atoms with Crippen LogP contribution in [0.25, 0.3) is 0 Å². The van der Waals surface area contributed by atoms with E-state index >= 15 is 0 Å². The van der Waals surface area contributed by atoms with Crippen molar-refractivity contribution >= 4 is 12.6 Å². The predicted molar refractivity (Wildman–Crippen MR) is 96.5 cm³/mol. The van der Waals surface area contributed by atoms with Gasteiger partial charge in [-0.15, -0.1) is 5.10 Å². The number of rotatable bonds is 4. The van der Waals surface area contributed by atoms with Gasteiger partial charge >= 0.3 is 7.12 Å². The van der Waals surface area contributed by atoms with E-state index in [1.807, 2.05) is 27.7 Å². The van der Waals surface area contributed by atoms with Crippen molar-refractivity contribution in [3.8, 4) is 0 Å². The van der Waals surface area contributed by atoms with Crippen molar-refractivity contribution in [2.45, 2.75) is 64.9 Å². The summed E-state index contributed by atoms with van der Waals surface area (Å²) in [6, 6.07) is 4.93. The van der Waals surface area contributed by atoms with Crippen molar-refractivity contribution in [3.63, 3.8) is 0 Å². The Balaban J connectivity index is 1.78. The molecule has 0 saturated carbocycles. The SMILES string of the molecule is CC(C)(O)c1cn(Cc2ccc(B3OC(C)(C)C(C)(C)O3)cc2F)nn1. The monoisotopic (exact) mass is 361 g/mol. The largest absolute Gasteiger partial charge is 0.494 e. The minimum Gasteiger partial charge on any atom is -0.399 e. The third-order valence-electron chi connectivity index (χ3n) is 5.10. The van der Waals surface area contributed by atoms with Gasteiger partial charge in [0.25, 0.3) is 0 Å². The van der Waals surface area contributed by atoms with Crippen LogP contribution in [-0.2, 0) is 21.5 Å². The zero-order valence-electron chi connectivity index (χ0n) is 16.1. The Bertz CT molecular complexity index is 798. The Morgan fingerprint density at radius 3 is 2.31 bits per heavy atom. The van der Waals surface area contributed by atoms with Crippen molar-refractivity contribution in [1.82, 2.24) is 15.0 Å². The smallest absolute Gasteiger partial charge is 0.399 e. The average molecular weight is 361 g/mol. The molecule has 0 radical (unpaired) electrons. The lowest BCUT2D eigenvalue weighted by molar-refractivity contribution is 0.00578. The van der Waals surface area contributed by atoms with Crippen molar-refractivity contribution in [2.24, 2.45) is 0 Å². The molecule has 2 aromatic rings. The minimum absolute atomic E-state index is 0.221. The van der Waals surface area contributed by atoms with Crippen LogP contribution < -0.4 is 5.46 Å². The van der Waals surface area contributed by atoms with Gasteiger partial charge in [0.2, 0.25) is 0 Å². The van der Waals surface area contributed by atoms with Gasteiger partial charge in [-0.2, -0.15) is 0 Å². The number of nitrogens with zero attached hydrogens (tertiary/aromatic N) is 3. The number of hydrogen-bond acceptors (Lipinski definition) is 5. The molecule has 0 unspecified atom stereocenters. The molecule has 0 atom stereocenters. The number of hydrogen-bond donors (Lipinski definition) is 1. The van der Waals surface area contributed by atoms with Crippen LogP contribution in [0.5, 0.6) is 0 Å². The lowest BCUT2D eigenvalue weighted by atomic mass is 9.78. The summed E-state index contributed by atoms with van der Waals surface area (Å²) in [4.78, 5) is 0. The lowest BCUT2D eigenvalue weighted by Gasteiger charge is -2.32. The summed E-state index contributed by atoms with van der Waals surface area (Å²) in [5.41, 5.74) is -0.482. The molecule has 3 rings (SSSR count). The minimum atomic E-state index is -1.09. The fourth-order valence-electron chi connectivity index (χ4n) is 2.65. The van der Waals surface area contributed by atoms with Crippen molar-refractivity contribution < 1.29 is 18.8 Å². The first-order valence-corrected chi connectivity index (χ1v) is 8.66. The molecule has 1 aromatic carbocycles. The van der Waals surface area contributed by atoms with Crippen LogP contribution in [0.15, 0.2) is 24.4 Å². The van der Waals surface area contributed by atoms with E-state index in [4.69, 9.17) is 9.31 Å². The number of halogens is 1. The van der Waals surface area contributed by atoms with Crippen molar-refractivity contribution in [1.29, 1.82) is 0 Å². The molecule has 0 aliphatic carbocycles. The summed E-state index contributed by atoms with van der Waals surface area (Å²) in [7, 11) is -0.600.